The maximum Gasteiger partial charge on any atom is 0.321 e. The average molecular weight is 333 g/mol. The highest BCUT2D eigenvalue weighted by atomic mass is 32.5. The summed E-state index contributed by atoms with van der Waals surface area (Å²) >= 11 is 4.27. The van der Waals surface area contributed by atoms with Crippen molar-refractivity contribution in [3.63, 3.8) is 0 Å². The molecule has 0 aromatic rings. The van der Waals surface area contributed by atoms with Gasteiger partial charge in [-0.2, -0.15) is 4.31 Å². The summed E-state index contributed by atoms with van der Waals surface area (Å²) in [6, 6.07) is 0. The molecular weight excluding hydrogens is 313 g/mol. The van der Waals surface area contributed by atoms with Gasteiger partial charge in [-0.25, -0.2) is 8.42 Å². The molecule has 0 bridgehead atoms. The van der Waals surface area contributed by atoms with Crippen molar-refractivity contribution in [1.29, 1.82) is 5.41 Å². The molecule has 0 aliphatic carbocycles. The zero-order valence-corrected chi connectivity index (χ0v) is 13.3. The van der Waals surface area contributed by atoms with Gasteiger partial charge >= 0.3 is 6.72 Å². The molecule has 0 aliphatic rings. The van der Waals surface area contributed by atoms with Gasteiger partial charge in [-0.05, 0) is 25.7 Å². The van der Waals surface area contributed by atoms with E-state index in [0.717, 1.165) is 4.31 Å². The van der Waals surface area contributed by atoms with Crippen LogP contribution < -0.4 is 5.73 Å². The van der Waals surface area contributed by atoms with E-state index in [1.165, 1.54) is 13.8 Å². The molecule has 0 saturated carbocycles. The number of nitrogens with zero attached hydrogens (tertiary/aromatic N) is 1. The third kappa shape index (κ3) is 7.93. The molecule has 0 heterocycles. The molecule has 0 fully saturated rings. The Morgan fingerprint density at radius 3 is 2.37 bits per heavy atom. The number of rotatable bonds is 9. The van der Waals surface area contributed by atoms with Crippen LogP contribution in [0.3, 0.4) is 0 Å². The minimum Gasteiger partial charge on any atom is -0.388 e. The Balaban J connectivity index is 4.69. The van der Waals surface area contributed by atoms with Crippen LogP contribution in [0.15, 0.2) is 0 Å². The predicted molar refractivity (Wildman–Crippen MR) is 76.8 cm³/mol. The molecule has 0 aromatic heterocycles. The average Bonchev–Trinajstić information content (AvgIpc) is 2.20. The van der Waals surface area contributed by atoms with Gasteiger partial charge in [-0.1, -0.05) is 0 Å². The summed E-state index contributed by atoms with van der Waals surface area (Å²) in [5, 5.41) is 6.48. The zero-order chi connectivity index (χ0) is 15.3. The fourth-order valence-corrected chi connectivity index (χ4v) is 2.99. The van der Waals surface area contributed by atoms with Gasteiger partial charge in [-0.15, -0.1) is 0 Å². The van der Waals surface area contributed by atoms with Crippen molar-refractivity contribution < 1.29 is 22.7 Å². The highest BCUT2D eigenvalue weighted by Gasteiger charge is 2.25. The van der Waals surface area contributed by atoms with Crippen molar-refractivity contribution in [3.05, 3.63) is 0 Å². The van der Waals surface area contributed by atoms with Crippen LogP contribution in [0.5, 0.6) is 0 Å². The van der Waals surface area contributed by atoms with Crippen LogP contribution in [0.25, 0.3) is 0 Å². The molecule has 5 N–H and O–H groups in total. The van der Waals surface area contributed by atoms with Crippen molar-refractivity contribution in [2.24, 2.45) is 5.73 Å². The minimum absolute atomic E-state index is 0.0406. The highest BCUT2D eigenvalue weighted by Crippen LogP contribution is 2.35. The Hall–Kier alpha value is -0.0900. The van der Waals surface area contributed by atoms with E-state index in [0.29, 0.717) is 0 Å². The second-order valence-corrected chi connectivity index (χ2v) is 9.25. The Labute approximate surface area is 118 Å². The van der Waals surface area contributed by atoms with Crippen molar-refractivity contribution in [2.75, 3.05) is 19.7 Å². The number of hydrogen-bond donors (Lipinski definition) is 4. The van der Waals surface area contributed by atoms with E-state index in [2.05, 4.69) is 16.3 Å². The first kappa shape index (κ1) is 18.9. The Bertz CT molecular complexity index is 447. The SMILES string of the molecule is CC(C)S(=O)(=O)N(CCOP(O)(O)=S)CCC(=N)N. The Morgan fingerprint density at radius 2 is 2.00 bits per heavy atom. The fourth-order valence-electron chi connectivity index (χ4n) is 1.17. The Morgan fingerprint density at radius 1 is 1.47 bits per heavy atom. The molecule has 0 amide bonds. The number of hydrogen-bond acceptors (Lipinski definition) is 5. The van der Waals surface area contributed by atoms with Gasteiger partial charge in [0.05, 0.1) is 17.7 Å². The third-order valence-electron chi connectivity index (χ3n) is 2.19. The van der Waals surface area contributed by atoms with Crippen molar-refractivity contribution in [2.45, 2.75) is 25.5 Å². The first-order valence-corrected chi connectivity index (χ1v) is 9.61. The molecule has 0 aliphatic heterocycles. The first-order valence-electron chi connectivity index (χ1n) is 5.48. The molecule has 0 rings (SSSR count). The molecular formula is C8H20N3O5PS2. The van der Waals surface area contributed by atoms with E-state index in [1.807, 2.05) is 0 Å². The smallest absolute Gasteiger partial charge is 0.321 e. The van der Waals surface area contributed by atoms with Crippen LogP contribution in [-0.2, 0) is 26.4 Å². The van der Waals surface area contributed by atoms with Crippen LogP contribution in [-0.4, -0.2) is 53.3 Å². The van der Waals surface area contributed by atoms with Crippen LogP contribution in [0.4, 0.5) is 0 Å². The van der Waals surface area contributed by atoms with Gasteiger partial charge in [0.15, 0.2) is 0 Å². The number of nitrogens with two attached hydrogens (primary N) is 1. The summed E-state index contributed by atoms with van der Waals surface area (Å²) < 4.78 is 29.7. The molecule has 19 heavy (non-hydrogen) atoms. The lowest BCUT2D eigenvalue weighted by Gasteiger charge is -2.24. The molecule has 8 nitrogen and oxygen atoms in total. The summed E-state index contributed by atoms with van der Waals surface area (Å²) in [4.78, 5) is 17.8. The molecule has 0 aromatic carbocycles. The van der Waals surface area contributed by atoms with Crippen molar-refractivity contribution in [3.8, 4) is 0 Å². The maximum absolute atomic E-state index is 12.0. The lowest BCUT2D eigenvalue weighted by Crippen LogP contribution is -2.40. The Kier molecular flexibility index (Phi) is 7.59. The number of sulfonamides is 1. The summed E-state index contributed by atoms with van der Waals surface area (Å²) in [6.45, 7) is -1.00. The second kappa shape index (κ2) is 7.63. The first-order chi connectivity index (χ1) is 8.47. The lowest BCUT2D eigenvalue weighted by atomic mass is 10.4. The normalized spacial score (nSPS) is 13.2. The topological polar surface area (TPSA) is 137 Å². The monoisotopic (exact) mass is 333 g/mol. The van der Waals surface area contributed by atoms with E-state index >= 15 is 0 Å². The van der Waals surface area contributed by atoms with Crippen LogP contribution >= 0.6 is 6.72 Å². The predicted octanol–water partition coefficient (Wildman–Crippen LogP) is -0.422. The largest absolute Gasteiger partial charge is 0.388 e. The quantitative estimate of drug-likeness (QED) is 0.255. The number of nitrogens with one attached hydrogen (secondary N) is 1. The van der Waals surface area contributed by atoms with E-state index in [1.54, 1.807) is 0 Å². The summed E-state index contributed by atoms with van der Waals surface area (Å²) in [6.07, 6.45) is 0.0956. The molecule has 0 unspecified atom stereocenters. The fraction of sp³-hybridized carbons (Fsp3) is 0.875. The van der Waals surface area contributed by atoms with Crippen LogP contribution in [0, 0.1) is 5.41 Å². The third-order valence-corrected chi connectivity index (χ3v) is 5.30. The standard InChI is InChI=1S/C8H20N3O5PS2/c1-7(2)19(14,15)11(4-3-8(9)10)5-6-16-17(12,13)18/h7H,3-6H2,1-2H3,(H3,9,10)(H2,12,13,18). The zero-order valence-electron chi connectivity index (χ0n) is 10.8. The molecule has 0 atom stereocenters. The second-order valence-electron chi connectivity index (χ2n) is 4.09. The van der Waals surface area contributed by atoms with Crippen molar-refractivity contribution in [1.82, 2.24) is 4.31 Å². The van der Waals surface area contributed by atoms with E-state index < -0.39 is 22.0 Å². The van der Waals surface area contributed by atoms with Crippen LogP contribution in [0.1, 0.15) is 20.3 Å². The molecule has 0 saturated heterocycles. The molecule has 11 heteroatoms. The maximum atomic E-state index is 12.0. The molecule has 0 spiro atoms. The molecule has 114 valence electrons. The van der Waals surface area contributed by atoms with Gasteiger partial charge in [0.1, 0.15) is 0 Å². The summed E-state index contributed by atoms with van der Waals surface area (Å²) in [7, 11) is -3.54. The van der Waals surface area contributed by atoms with Gasteiger partial charge in [0.2, 0.25) is 10.0 Å². The van der Waals surface area contributed by atoms with Gasteiger partial charge in [0, 0.05) is 19.5 Å². The van der Waals surface area contributed by atoms with Gasteiger partial charge in [-0.3, -0.25) is 5.41 Å². The van der Waals surface area contributed by atoms with E-state index in [4.69, 9.17) is 20.9 Å². The van der Waals surface area contributed by atoms with Gasteiger partial charge < -0.3 is 20.0 Å². The summed E-state index contributed by atoms with van der Waals surface area (Å²) in [5.41, 5.74) is 5.20. The molecule has 0 radical (unpaired) electrons. The van der Waals surface area contributed by atoms with E-state index in [9.17, 15) is 8.42 Å². The van der Waals surface area contributed by atoms with Crippen molar-refractivity contribution >= 4 is 34.4 Å². The van der Waals surface area contributed by atoms with E-state index in [-0.39, 0.29) is 32.0 Å². The minimum atomic E-state index is -3.79. The summed E-state index contributed by atoms with van der Waals surface area (Å²) in [5.74, 6) is -0.126. The van der Waals surface area contributed by atoms with Crippen LogP contribution in [0.2, 0.25) is 0 Å². The highest BCUT2D eigenvalue weighted by molar-refractivity contribution is 8.06. The lowest BCUT2D eigenvalue weighted by molar-refractivity contribution is 0.230. The number of amidine groups is 1. The van der Waals surface area contributed by atoms with Gasteiger partial charge in [0.25, 0.3) is 0 Å².